The highest BCUT2D eigenvalue weighted by Gasteiger charge is 2.45. The Kier molecular flexibility index (Phi) is 7.23. The molecule has 2 heterocycles. The van der Waals surface area contributed by atoms with Gasteiger partial charge in [0.15, 0.2) is 5.76 Å². The Labute approximate surface area is 234 Å². The van der Waals surface area contributed by atoms with Crippen LogP contribution in [0.15, 0.2) is 90.2 Å². The van der Waals surface area contributed by atoms with Crippen LogP contribution in [0, 0.1) is 6.92 Å². The third-order valence-corrected chi connectivity index (χ3v) is 7.61. The van der Waals surface area contributed by atoms with Crippen molar-refractivity contribution in [3.63, 3.8) is 0 Å². The number of ether oxygens (including phenoxy) is 1. The van der Waals surface area contributed by atoms with E-state index in [0.717, 1.165) is 5.56 Å². The summed E-state index contributed by atoms with van der Waals surface area (Å²) in [5.41, 5.74) is 2.41. The first-order chi connectivity index (χ1) is 19.2. The van der Waals surface area contributed by atoms with Crippen LogP contribution in [0.1, 0.15) is 51.2 Å². The smallest absolute Gasteiger partial charge is 0.338 e. The van der Waals surface area contributed by atoms with E-state index in [1.54, 1.807) is 45.0 Å². The van der Waals surface area contributed by atoms with Gasteiger partial charge in [-0.2, -0.15) is 0 Å². The van der Waals surface area contributed by atoms with Crippen molar-refractivity contribution in [3.05, 3.63) is 112 Å². The van der Waals surface area contributed by atoms with Gasteiger partial charge in [-0.1, -0.05) is 42.5 Å². The molecular weight excluding hydrogens is 528 g/mol. The number of benzene rings is 3. The number of carbonyl (C=O) groups is 3. The zero-order valence-electron chi connectivity index (χ0n) is 22.0. The maximum absolute atomic E-state index is 14.0. The van der Waals surface area contributed by atoms with Gasteiger partial charge in [-0.05, 0) is 62.7 Å². The molecule has 202 valence electrons. The molecule has 0 aliphatic carbocycles. The molecule has 1 unspecified atom stereocenters. The molecule has 1 atom stereocenters. The first-order valence-electron chi connectivity index (χ1n) is 12.6. The number of ketones is 1. The van der Waals surface area contributed by atoms with Crippen LogP contribution in [0.25, 0.3) is 10.6 Å². The van der Waals surface area contributed by atoms with Gasteiger partial charge in [-0.15, -0.1) is 11.3 Å². The molecule has 1 aromatic heterocycles. The van der Waals surface area contributed by atoms with Crippen molar-refractivity contribution in [2.24, 2.45) is 0 Å². The Hall–Kier alpha value is -4.76. The number of thiazole rings is 1. The number of phenolic OH excluding ortho intramolecular Hbond substituents is 1. The molecule has 0 bridgehead atoms. The normalized spacial score (nSPS) is 15.2. The molecule has 0 saturated heterocycles. The van der Waals surface area contributed by atoms with Gasteiger partial charge in [0.25, 0.3) is 5.91 Å². The number of amides is 1. The van der Waals surface area contributed by atoms with E-state index in [1.165, 1.54) is 40.5 Å². The van der Waals surface area contributed by atoms with Gasteiger partial charge in [0.1, 0.15) is 10.8 Å². The molecule has 2 N–H and O–H groups in total. The van der Waals surface area contributed by atoms with E-state index in [0.29, 0.717) is 32.4 Å². The number of aliphatic hydroxyl groups is 1. The summed E-state index contributed by atoms with van der Waals surface area (Å²) in [4.78, 5) is 46.0. The largest absolute Gasteiger partial charge is 0.508 e. The average molecular weight is 555 g/mol. The van der Waals surface area contributed by atoms with Crippen molar-refractivity contribution < 1.29 is 29.3 Å². The molecule has 0 spiro atoms. The minimum Gasteiger partial charge on any atom is -0.508 e. The van der Waals surface area contributed by atoms with Crippen molar-refractivity contribution in [3.8, 4) is 16.3 Å². The fourth-order valence-electron chi connectivity index (χ4n) is 4.55. The predicted octanol–water partition coefficient (Wildman–Crippen LogP) is 6.17. The standard InChI is InChI=1S/C31H26N2O6S/c1-17(2)39-31(38)21-9-13-22(14-10-21)33-25(19-11-15-23(34)16-12-19)24(27(36)30(33)37)26(35)28-18(3)32-29(40-28)20-7-5-4-6-8-20/h4-17,25,34,36H,1-3H3. The van der Waals surface area contributed by atoms with Gasteiger partial charge < -0.3 is 14.9 Å². The maximum atomic E-state index is 14.0. The fraction of sp³-hybridized carbons (Fsp3) is 0.161. The summed E-state index contributed by atoms with van der Waals surface area (Å²) < 4.78 is 5.24. The zero-order valence-corrected chi connectivity index (χ0v) is 22.8. The van der Waals surface area contributed by atoms with E-state index in [1.807, 2.05) is 30.3 Å². The van der Waals surface area contributed by atoms with E-state index < -0.39 is 29.5 Å². The summed E-state index contributed by atoms with van der Waals surface area (Å²) in [5.74, 6) is -2.43. The van der Waals surface area contributed by atoms with Crippen molar-refractivity contribution >= 4 is 34.7 Å². The van der Waals surface area contributed by atoms with Crippen molar-refractivity contribution in [2.75, 3.05) is 4.90 Å². The van der Waals surface area contributed by atoms with Crippen LogP contribution in [-0.4, -0.2) is 39.0 Å². The SMILES string of the molecule is Cc1nc(-c2ccccc2)sc1C(=O)C1=C(O)C(=O)N(c2ccc(C(=O)OC(C)C)cc2)C1c1ccc(O)cc1. The lowest BCUT2D eigenvalue weighted by Gasteiger charge is -2.27. The second-order valence-corrected chi connectivity index (χ2v) is 10.6. The number of aromatic hydroxyl groups is 1. The molecule has 0 saturated carbocycles. The Balaban J connectivity index is 1.57. The molecule has 1 aliphatic rings. The van der Waals surface area contributed by atoms with Crippen LogP contribution in [0.5, 0.6) is 5.75 Å². The van der Waals surface area contributed by atoms with Gasteiger partial charge in [-0.25, -0.2) is 9.78 Å². The first-order valence-corrected chi connectivity index (χ1v) is 13.4. The quantitative estimate of drug-likeness (QED) is 0.207. The molecule has 5 rings (SSSR count). The number of nitrogens with zero attached hydrogens (tertiary/aromatic N) is 2. The molecule has 4 aromatic rings. The summed E-state index contributed by atoms with van der Waals surface area (Å²) in [6.07, 6.45) is -0.293. The van der Waals surface area contributed by atoms with Crippen molar-refractivity contribution in [1.82, 2.24) is 4.98 Å². The van der Waals surface area contributed by atoms with Crippen LogP contribution in [0.2, 0.25) is 0 Å². The molecule has 0 fully saturated rings. The third kappa shape index (κ3) is 4.99. The fourth-order valence-corrected chi connectivity index (χ4v) is 5.58. The van der Waals surface area contributed by atoms with E-state index in [-0.39, 0.29) is 17.4 Å². The van der Waals surface area contributed by atoms with Crippen molar-refractivity contribution in [1.29, 1.82) is 0 Å². The summed E-state index contributed by atoms with van der Waals surface area (Å²) in [6, 6.07) is 20.7. The second kappa shape index (κ2) is 10.8. The molecule has 1 amide bonds. The van der Waals surface area contributed by atoms with Gasteiger partial charge in [0.2, 0.25) is 5.78 Å². The average Bonchev–Trinajstić information content (AvgIpc) is 3.46. The molecule has 3 aromatic carbocycles. The Morgan fingerprint density at radius 3 is 2.23 bits per heavy atom. The molecule has 1 aliphatic heterocycles. The van der Waals surface area contributed by atoms with Crippen LogP contribution in [-0.2, 0) is 9.53 Å². The number of phenols is 1. The molecule has 8 nitrogen and oxygen atoms in total. The minimum absolute atomic E-state index is 0.0134. The Morgan fingerprint density at radius 2 is 1.60 bits per heavy atom. The number of aromatic nitrogens is 1. The van der Waals surface area contributed by atoms with Gasteiger partial charge in [0, 0.05) is 11.3 Å². The van der Waals surface area contributed by atoms with Crippen LogP contribution < -0.4 is 4.90 Å². The van der Waals surface area contributed by atoms with Gasteiger partial charge in [0.05, 0.1) is 33.9 Å². The van der Waals surface area contributed by atoms with E-state index in [9.17, 15) is 24.6 Å². The number of Topliss-reactive ketones (excluding diaryl/α,β-unsaturated/α-hetero) is 1. The number of hydrogen-bond acceptors (Lipinski definition) is 8. The van der Waals surface area contributed by atoms with Crippen LogP contribution >= 0.6 is 11.3 Å². The first kappa shape index (κ1) is 26.8. The van der Waals surface area contributed by atoms with E-state index in [2.05, 4.69) is 4.98 Å². The topological polar surface area (TPSA) is 117 Å². The number of esters is 1. The lowest BCUT2D eigenvalue weighted by molar-refractivity contribution is -0.117. The highest BCUT2D eigenvalue weighted by Crippen LogP contribution is 2.43. The highest BCUT2D eigenvalue weighted by atomic mass is 32.1. The molecule has 0 radical (unpaired) electrons. The summed E-state index contributed by atoms with van der Waals surface area (Å²) in [7, 11) is 0. The number of carbonyl (C=O) groups excluding carboxylic acids is 3. The number of anilines is 1. The second-order valence-electron chi connectivity index (χ2n) is 9.56. The third-order valence-electron chi connectivity index (χ3n) is 6.41. The van der Waals surface area contributed by atoms with Crippen LogP contribution in [0.3, 0.4) is 0 Å². The number of rotatable bonds is 7. The van der Waals surface area contributed by atoms with E-state index >= 15 is 0 Å². The maximum Gasteiger partial charge on any atom is 0.338 e. The Morgan fingerprint density at radius 1 is 0.950 bits per heavy atom. The molecule has 40 heavy (non-hydrogen) atoms. The summed E-state index contributed by atoms with van der Waals surface area (Å²) >= 11 is 1.19. The summed E-state index contributed by atoms with van der Waals surface area (Å²) in [6.45, 7) is 5.21. The number of aliphatic hydroxyl groups excluding tert-OH is 1. The van der Waals surface area contributed by atoms with Crippen LogP contribution in [0.4, 0.5) is 5.69 Å². The predicted molar refractivity (Wildman–Crippen MR) is 152 cm³/mol. The summed E-state index contributed by atoms with van der Waals surface area (Å²) in [5, 5.41) is 21.6. The Bertz CT molecular complexity index is 1620. The number of hydrogen-bond donors (Lipinski definition) is 2. The minimum atomic E-state index is -0.990. The zero-order chi connectivity index (χ0) is 28.6. The highest BCUT2D eigenvalue weighted by molar-refractivity contribution is 7.17. The van der Waals surface area contributed by atoms with Gasteiger partial charge >= 0.3 is 5.97 Å². The van der Waals surface area contributed by atoms with Crippen molar-refractivity contribution in [2.45, 2.75) is 32.9 Å². The number of aryl methyl sites for hydroxylation is 1. The van der Waals surface area contributed by atoms with E-state index in [4.69, 9.17) is 4.74 Å². The molecule has 9 heteroatoms. The van der Waals surface area contributed by atoms with Gasteiger partial charge in [-0.3, -0.25) is 14.5 Å². The molecular formula is C31H26N2O6S. The lowest BCUT2D eigenvalue weighted by atomic mass is 9.94. The lowest BCUT2D eigenvalue weighted by Crippen LogP contribution is -2.31. The monoisotopic (exact) mass is 554 g/mol.